The van der Waals surface area contributed by atoms with Crippen molar-refractivity contribution in [3.8, 4) is 0 Å². The van der Waals surface area contributed by atoms with Crippen molar-refractivity contribution in [2.75, 3.05) is 32.7 Å². The van der Waals surface area contributed by atoms with Crippen LogP contribution < -0.4 is 10.6 Å². The standard InChI is InChI=1S/C16H25N3O.2ClH/c1-3-14-4-6-15(7-5-14)13(2)18-16(20)12-19-10-8-17-9-11-19;;/h4-7,13,17H,3,8-12H2,1-2H3,(H,18,20);2*1H. The summed E-state index contributed by atoms with van der Waals surface area (Å²) in [6, 6.07) is 8.54. The van der Waals surface area contributed by atoms with Gasteiger partial charge < -0.3 is 10.6 Å². The first-order valence-corrected chi connectivity index (χ1v) is 7.50. The summed E-state index contributed by atoms with van der Waals surface area (Å²) in [7, 11) is 0. The highest BCUT2D eigenvalue weighted by atomic mass is 35.5. The smallest absolute Gasteiger partial charge is 0.234 e. The van der Waals surface area contributed by atoms with Crippen LogP contribution >= 0.6 is 24.8 Å². The number of carbonyl (C=O) groups excluding carboxylic acids is 1. The number of nitrogens with one attached hydrogen (secondary N) is 2. The zero-order valence-electron chi connectivity index (χ0n) is 13.3. The predicted octanol–water partition coefficient (Wildman–Crippen LogP) is 2.18. The van der Waals surface area contributed by atoms with Crippen molar-refractivity contribution >= 4 is 30.7 Å². The highest BCUT2D eigenvalue weighted by molar-refractivity contribution is 5.85. The van der Waals surface area contributed by atoms with Gasteiger partial charge in [-0.25, -0.2) is 0 Å². The van der Waals surface area contributed by atoms with Crippen LogP contribution in [0.3, 0.4) is 0 Å². The summed E-state index contributed by atoms with van der Waals surface area (Å²) in [5.74, 6) is 0.110. The molecule has 0 radical (unpaired) electrons. The molecule has 0 aromatic heterocycles. The summed E-state index contributed by atoms with van der Waals surface area (Å²) in [5.41, 5.74) is 2.49. The molecule has 2 rings (SSSR count). The lowest BCUT2D eigenvalue weighted by molar-refractivity contribution is -0.123. The van der Waals surface area contributed by atoms with Gasteiger partial charge in [0.1, 0.15) is 0 Å². The Labute approximate surface area is 145 Å². The van der Waals surface area contributed by atoms with Crippen LogP contribution in [0.2, 0.25) is 0 Å². The molecule has 1 aliphatic heterocycles. The minimum absolute atomic E-state index is 0. The van der Waals surface area contributed by atoms with Crippen molar-refractivity contribution in [3.05, 3.63) is 35.4 Å². The van der Waals surface area contributed by atoms with Crippen molar-refractivity contribution in [3.63, 3.8) is 0 Å². The van der Waals surface area contributed by atoms with Crippen molar-refractivity contribution in [2.24, 2.45) is 0 Å². The normalized spacial score (nSPS) is 16.1. The summed E-state index contributed by atoms with van der Waals surface area (Å²) in [6.07, 6.45) is 1.05. The fourth-order valence-electron chi connectivity index (χ4n) is 2.48. The molecule has 1 heterocycles. The van der Waals surface area contributed by atoms with Gasteiger partial charge in [0.25, 0.3) is 0 Å². The molecule has 1 atom stereocenters. The van der Waals surface area contributed by atoms with E-state index in [1.54, 1.807) is 0 Å². The van der Waals surface area contributed by atoms with Gasteiger partial charge in [-0.05, 0) is 24.5 Å². The first-order chi connectivity index (χ1) is 9.69. The van der Waals surface area contributed by atoms with E-state index in [1.165, 1.54) is 5.56 Å². The van der Waals surface area contributed by atoms with E-state index < -0.39 is 0 Å². The zero-order chi connectivity index (χ0) is 14.4. The molecule has 2 N–H and O–H groups in total. The lowest BCUT2D eigenvalue weighted by Crippen LogP contribution is -2.47. The number of hydrogen-bond donors (Lipinski definition) is 2. The molecule has 0 bridgehead atoms. The maximum absolute atomic E-state index is 12.0. The molecule has 126 valence electrons. The van der Waals surface area contributed by atoms with Gasteiger partial charge in [0.05, 0.1) is 12.6 Å². The lowest BCUT2D eigenvalue weighted by atomic mass is 10.1. The molecule has 1 aliphatic rings. The van der Waals surface area contributed by atoms with Crippen LogP contribution in [0.5, 0.6) is 0 Å². The van der Waals surface area contributed by atoms with E-state index in [0.29, 0.717) is 6.54 Å². The minimum Gasteiger partial charge on any atom is -0.348 e. The van der Waals surface area contributed by atoms with E-state index in [0.717, 1.165) is 38.2 Å². The molecule has 0 aliphatic carbocycles. The van der Waals surface area contributed by atoms with Crippen LogP contribution in [-0.4, -0.2) is 43.5 Å². The number of halogens is 2. The van der Waals surface area contributed by atoms with E-state index in [-0.39, 0.29) is 36.8 Å². The maximum atomic E-state index is 12.0. The van der Waals surface area contributed by atoms with Crippen molar-refractivity contribution in [1.82, 2.24) is 15.5 Å². The van der Waals surface area contributed by atoms with Crippen LogP contribution in [0.25, 0.3) is 0 Å². The minimum atomic E-state index is 0. The summed E-state index contributed by atoms with van der Waals surface area (Å²) < 4.78 is 0. The molecule has 0 spiro atoms. The summed E-state index contributed by atoms with van der Waals surface area (Å²) >= 11 is 0. The summed E-state index contributed by atoms with van der Waals surface area (Å²) in [6.45, 7) is 8.53. The first-order valence-electron chi connectivity index (χ1n) is 7.50. The summed E-state index contributed by atoms with van der Waals surface area (Å²) in [4.78, 5) is 14.2. The van der Waals surface area contributed by atoms with E-state index in [1.807, 2.05) is 6.92 Å². The number of rotatable bonds is 5. The topological polar surface area (TPSA) is 44.4 Å². The number of carbonyl (C=O) groups is 1. The Hall–Kier alpha value is -0.810. The third kappa shape index (κ3) is 6.53. The molecule has 1 fully saturated rings. The first kappa shape index (κ1) is 21.2. The molecule has 0 saturated carbocycles. The maximum Gasteiger partial charge on any atom is 0.234 e. The molecule has 4 nitrogen and oxygen atoms in total. The average Bonchev–Trinajstić information content (AvgIpc) is 2.48. The largest absolute Gasteiger partial charge is 0.348 e. The molecular formula is C16H27Cl2N3O. The molecule has 22 heavy (non-hydrogen) atoms. The molecule has 1 saturated heterocycles. The Balaban J connectivity index is 0.00000220. The molecule has 1 unspecified atom stereocenters. The van der Waals surface area contributed by atoms with Gasteiger partial charge in [-0.3, -0.25) is 9.69 Å². The van der Waals surface area contributed by atoms with E-state index in [9.17, 15) is 4.79 Å². The fourth-order valence-corrected chi connectivity index (χ4v) is 2.48. The lowest BCUT2D eigenvalue weighted by Gasteiger charge is -2.27. The Bertz CT molecular complexity index is 434. The quantitative estimate of drug-likeness (QED) is 0.857. The van der Waals surface area contributed by atoms with Crippen LogP contribution in [0, 0.1) is 0 Å². The van der Waals surface area contributed by atoms with Crippen LogP contribution in [0.15, 0.2) is 24.3 Å². The van der Waals surface area contributed by atoms with E-state index in [2.05, 4.69) is 46.7 Å². The number of piperazine rings is 1. The number of amides is 1. The third-order valence-electron chi connectivity index (χ3n) is 3.84. The average molecular weight is 348 g/mol. The SMILES string of the molecule is CCc1ccc(C(C)NC(=O)CN2CCNCC2)cc1.Cl.Cl. The zero-order valence-corrected chi connectivity index (χ0v) is 14.9. The van der Waals surface area contributed by atoms with Gasteiger partial charge in [-0.1, -0.05) is 31.2 Å². The number of nitrogens with zero attached hydrogens (tertiary/aromatic N) is 1. The fraction of sp³-hybridized carbons (Fsp3) is 0.562. The molecule has 1 aromatic rings. The molecule has 6 heteroatoms. The predicted molar refractivity (Wildman–Crippen MR) is 96.2 cm³/mol. The molecule has 1 aromatic carbocycles. The Morgan fingerprint density at radius 1 is 1.23 bits per heavy atom. The Kier molecular flexibility index (Phi) is 10.4. The van der Waals surface area contributed by atoms with E-state index >= 15 is 0 Å². The van der Waals surface area contributed by atoms with Gasteiger partial charge in [-0.2, -0.15) is 0 Å². The van der Waals surface area contributed by atoms with Gasteiger partial charge in [0.2, 0.25) is 5.91 Å². The van der Waals surface area contributed by atoms with Crippen molar-refractivity contribution in [1.29, 1.82) is 0 Å². The number of benzene rings is 1. The van der Waals surface area contributed by atoms with Crippen molar-refractivity contribution in [2.45, 2.75) is 26.3 Å². The van der Waals surface area contributed by atoms with E-state index in [4.69, 9.17) is 0 Å². The second-order valence-corrected chi connectivity index (χ2v) is 5.41. The number of hydrogen-bond acceptors (Lipinski definition) is 3. The van der Waals surface area contributed by atoms with Gasteiger partial charge >= 0.3 is 0 Å². The highest BCUT2D eigenvalue weighted by Crippen LogP contribution is 2.13. The van der Waals surface area contributed by atoms with Crippen molar-refractivity contribution < 1.29 is 4.79 Å². The molecular weight excluding hydrogens is 321 g/mol. The second kappa shape index (κ2) is 10.8. The second-order valence-electron chi connectivity index (χ2n) is 5.41. The number of aryl methyl sites for hydroxylation is 1. The Morgan fingerprint density at radius 3 is 2.36 bits per heavy atom. The van der Waals surface area contributed by atoms with Gasteiger partial charge in [0.15, 0.2) is 0 Å². The summed E-state index contributed by atoms with van der Waals surface area (Å²) in [5, 5.41) is 6.37. The third-order valence-corrected chi connectivity index (χ3v) is 3.84. The van der Waals surface area contributed by atoms with Crippen LogP contribution in [-0.2, 0) is 11.2 Å². The Morgan fingerprint density at radius 2 is 1.82 bits per heavy atom. The monoisotopic (exact) mass is 347 g/mol. The molecule has 1 amide bonds. The highest BCUT2D eigenvalue weighted by Gasteiger charge is 2.15. The van der Waals surface area contributed by atoms with Crippen LogP contribution in [0.4, 0.5) is 0 Å². The van der Waals surface area contributed by atoms with Crippen LogP contribution in [0.1, 0.15) is 31.0 Å². The van der Waals surface area contributed by atoms with Gasteiger partial charge in [0, 0.05) is 26.2 Å². The van der Waals surface area contributed by atoms with Gasteiger partial charge in [-0.15, -0.1) is 24.8 Å².